The highest BCUT2D eigenvalue weighted by atomic mass is 19.4. The fraction of sp³-hybridized carbons (Fsp3) is 0.231. The van der Waals surface area contributed by atoms with Crippen LogP contribution in [0.5, 0.6) is 0 Å². The first kappa shape index (κ1) is 14.3. The monoisotopic (exact) mass is 284 g/mol. The molecule has 106 valence electrons. The van der Waals surface area contributed by atoms with E-state index in [0.29, 0.717) is 11.2 Å². The van der Waals surface area contributed by atoms with Gasteiger partial charge in [-0.05, 0) is 30.7 Å². The molecule has 2 rings (SSSR count). The predicted molar refractivity (Wildman–Crippen MR) is 66.4 cm³/mol. The van der Waals surface area contributed by atoms with Crippen LogP contribution < -0.4 is 5.73 Å². The minimum Gasteiger partial charge on any atom is -0.478 e. The Bertz CT molecular complexity index is 683. The van der Waals surface area contributed by atoms with Crippen LogP contribution in [0.15, 0.2) is 24.3 Å². The highest BCUT2D eigenvalue weighted by molar-refractivity contribution is 6.02. The Morgan fingerprint density at radius 2 is 2.00 bits per heavy atom. The zero-order valence-corrected chi connectivity index (χ0v) is 10.4. The quantitative estimate of drug-likeness (QED) is 0.889. The van der Waals surface area contributed by atoms with Crippen molar-refractivity contribution >= 4 is 16.9 Å². The molecule has 0 aliphatic rings. The highest BCUT2D eigenvalue weighted by Crippen LogP contribution is 2.32. The van der Waals surface area contributed by atoms with Crippen molar-refractivity contribution in [3.63, 3.8) is 0 Å². The summed E-state index contributed by atoms with van der Waals surface area (Å²) in [4.78, 5) is 15.3. The summed E-state index contributed by atoms with van der Waals surface area (Å²) < 4.78 is 37.8. The Labute approximate surface area is 112 Å². The lowest BCUT2D eigenvalue weighted by molar-refractivity contribution is -0.149. The van der Waals surface area contributed by atoms with Crippen molar-refractivity contribution in [2.24, 2.45) is 5.73 Å². The molecule has 1 atom stereocenters. The normalized spacial score (nSPS) is 13.4. The fourth-order valence-electron chi connectivity index (χ4n) is 1.94. The number of nitrogens with zero attached hydrogens (tertiary/aromatic N) is 1. The maximum atomic E-state index is 12.6. The van der Waals surface area contributed by atoms with Crippen LogP contribution in [0.1, 0.15) is 27.7 Å². The average Bonchev–Trinajstić information content (AvgIpc) is 2.35. The van der Waals surface area contributed by atoms with Gasteiger partial charge < -0.3 is 10.8 Å². The van der Waals surface area contributed by atoms with Gasteiger partial charge in [0.15, 0.2) is 0 Å². The molecule has 20 heavy (non-hydrogen) atoms. The number of benzene rings is 1. The molecule has 1 heterocycles. The van der Waals surface area contributed by atoms with Crippen LogP contribution in [0.4, 0.5) is 13.2 Å². The van der Waals surface area contributed by atoms with Crippen LogP contribution in [-0.4, -0.2) is 22.2 Å². The number of halogens is 3. The van der Waals surface area contributed by atoms with Gasteiger partial charge in [-0.2, -0.15) is 13.2 Å². The lowest BCUT2D eigenvalue weighted by Gasteiger charge is -2.16. The molecule has 0 aliphatic carbocycles. The number of alkyl halides is 3. The zero-order valence-electron chi connectivity index (χ0n) is 10.4. The smallest absolute Gasteiger partial charge is 0.407 e. The standard InChI is InChI=1S/C13H11F3N2O2/c1-6-4-9(12(19)20)8-5-7(2-3-10(8)18-6)11(17)13(14,15)16/h2-5,11H,17H2,1H3,(H,19,20)/t11-/m1/s1. The van der Waals surface area contributed by atoms with Crippen molar-refractivity contribution < 1.29 is 23.1 Å². The molecule has 0 fully saturated rings. The van der Waals surface area contributed by atoms with Crippen LogP contribution >= 0.6 is 0 Å². The summed E-state index contributed by atoms with van der Waals surface area (Å²) in [5.74, 6) is -1.22. The second-order valence-corrected chi connectivity index (χ2v) is 4.41. The first-order valence-electron chi connectivity index (χ1n) is 5.67. The molecule has 7 heteroatoms. The summed E-state index contributed by atoms with van der Waals surface area (Å²) in [7, 11) is 0. The van der Waals surface area contributed by atoms with E-state index in [1.165, 1.54) is 18.2 Å². The van der Waals surface area contributed by atoms with E-state index in [9.17, 15) is 18.0 Å². The lowest BCUT2D eigenvalue weighted by Crippen LogP contribution is -2.28. The van der Waals surface area contributed by atoms with Gasteiger partial charge in [-0.3, -0.25) is 4.98 Å². The van der Waals surface area contributed by atoms with Gasteiger partial charge in [-0.25, -0.2) is 4.79 Å². The van der Waals surface area contributed by atoms with Gasteiger partial charge in [0, 0.05) is 11.1 Å². The molecule has 0 saturated carbocycles. The summed E-state index contributed by atoms with van der Waals surface area (Å²) >= 11 is 0. The molecule has 2 aromatic rings. The molecule has 4 nitrogen and oxygen atoms in total. The summed E-state index contributed by atoms with van der Waals surface area (Å²) in [6, 6.07) is 2.83. The van der Waals surface area contributed by atoms with Crippen molar-refractivity contribution in [2.75, 3.05) is 0 Å². The van der Waals surface area contributed by atoms with Gasteiger partial charge in [0.2, 0.25) is 0 Å². The predicted octanol–water partition coefficient (Wildman–Crippen LogP) is 2.80. The molecule has 3 N–H and O–H groups in total. The molecule has 0 radical (unpaired) electrons. The Morgan fingerprint density at radius 1 is 1.35 bits per heavy atom. The third-order valence-electron chi connectivity index (χ3n) is 2.90. The lowest BCUT2D eigenvalue weighted by atomic mass is 10.0. The molecule has 0 unspecified atom stereocenters. The van der Waals surface area contributed by atoms with Crippen molar-refractivity contribution in [1.29, 1.82) is 0 Å². The summed E-state index contributed by atoms with van der Waals surface area (Å²) in [5, 5.41) is 9.25. The van der Waals surface area contributed by atoms with Crippen LogP contribution in [-0.2, 0) is 0 Å². The maximum absolute atomic E-state index is 12.6. The number of carboxylic acids is 1. The number of nitrogens with two attached hydrogens (primary N) is 1. The van der Waals surface area contributed by atoms with Gasteiger partial charge in [0.05, 0.1) is 11.1 Å². The van der Waals surface area contributed by atoms with Crippen LogP contribution in [0.3, 0.4) is 0 Å². The second-order valence-electron chi connectivity index (χ2n) is 4.41. The third-order valence-corrected chi connectivity index (χ3v) is 2.90. The van der Waals surface area contributed by atoms with E-state index < -0.39 is 18.2 Å². The van der Waals surface area contributed by atoms with E-state index in [4.69, 9.17) is 10.8 Å². The Hall–Kier alpha value is -2.15. The van der Waals surface area contributed by atoms with E-state index in [1.54, 1.807) is 6.92 Å². The maximum Gasteiger partial charge on any atom is 0.407 e. The Morgan fingerprint density at radius 3 is 2.55 bits per heavy atom. The minimum atomic E-state index is -4.59. The van der Waals surface area contributed by atoms with Crippen LogP contribution in [0.2, 0.25) is 0 Å². The molecule has 1 aromatic carbocycles. The minimum absolute atomic E-state index is 0.0938. The molecule has 0 aliphatic heterocycles. The van der Waals surface area contributed by atoms with Gasteiger partial charge in [0.25, 0.3) is 0 Å². The number of carboxylic acid groups (broad SMARTS) is 1. The first-order chi connectivity index (χ1) is 9.20. The second kappa shape index (κ2) is 4.75. The van der Waals surface area contributed by atoms with E-state index in [-0.39, 0.29) is 16.5 Å². The van der Waals surface area contributed by atoms with Crippen LogP contribution in [0, 0.1) is 6.92 Å². The van der Waals surface area contributed by atoms with Gasteiger partial charge >= 0.3 is 12.1 Å². The van der Waals surface area contributed by atoms with Crippen molar-refractivity contribution in [1.82, 2.24) is 4.98 Å². The van der Waals surface area contributed by atoms with E-state index in [0.717, 1.165) is 6.07 Å². The van der Waals surface area contributed by atoms with E-state index in [2.05, 4.69) is 4.98 Å². The number of aryl methyl sites for hydroxylation is 1. The summed E-state index contributed by atoms with van der Waals surface area (Å²) in [5.41, 5.74) is 5.63. The fourth-order valence-corrected chi connectivity index (χ4v) is 1.94. The number of fused-ring (bicyclic) bond motifs is 1. The van der Waals surface area contributed by atoms with Crippen molar-refractivity contribution in [2.45, 2.75) is 19.1 Å². The number of aromatic carboxylic acids is 1. The summed E-state index contributed by atoms with van der Waals surface area (Å²) in [6.45, 7) is 1.61. The number of hydrogen-bond donors (Lipinski definition) is 2. The van der Waals surface area contributed by atoms with E-state index >= 15 is 0 Å². The largest absolute Gasteiger partial charge is 0.478 e. The van der Waals surface area contributed by atoms with Gasteiger partial charge in [-0.1, -0.05) is 6.07 Å². The molecular weight excluding hydrogens is 273 g/mol. The van der Waals surface area contributed by atoms with E-state index in [1.807, 2.05) is 0 Å². The Balaban J connectivity index is 2.67. The first-order valence-corrected chi connectivity index (χ1v) is 5.67. The molecule has 1 aromatic heterocycles. The SMILES string of the molecule is Cc1cc(C(=O)O)c2cc([C@@H](N)C(F)(F)F)ccc2n1. The number of carbonyl (C=O) groups is 1. The van der Waals surface area contributed by atoms with Crippen molar-refractivity contribution in [3.8, 4) is 0 Å². The molecular formula is C13H11F3N2O2. The molecule has 0 spiro atoms. The topological polar surface area (TPSA) is 76.2 Å². The number of rotatable bonds is 2. The van der Waals surface area contributed by atoms with Crippen LogP contribution in [0.25, 0.3) is 10.9 Å². The Kier molecular flexibility index (Phi) is 3.39. The molecule has 0 bridgehead atoms. The number of hydrogen-bond acceptors (Lipinski definition) is 3. The zero-order chi connectivity index (χ0) is 15.1. The van der Waals surface area contributed by atoms with Crippen molar-refractivity contribution in [3.05, 3.63) is 41.1 Å². The highest BCUT2D eigenvalue weighted by Gasteiger charge is 2.38. The number of aromatic nitrogens is 1. The average molecular weight is 284 g/mol. The number of pyridine rings is 1. The third kappa shape index (κ3) is 2.57. The molecule has 0 saturated heterocycles. The van der Waals surface area contributed by atoms with Gasteiger partial charge in [0.1, 0.15) is 6.04 Å². The van der Waals surface area contributed by atoms with Gasteiger partial charge in [-0.15, -0.1) is 0 Å². The molecule has 0 amide bonds. The summed E-state index contributed by atoms with van der Waals surface area (Å²) in [6.07, 6.45) is -4.59.